The van der Waals surface area contributed by atoms with E-state index in [9.17, 15) is 22.8 Å². The summed E-state index contributed by atoms with van der Waals surface area (Å²) in [6.45, 7) is 3.67. The van der Waals surface area contributed by atoms with Gasteiger partial charge in [0.25, 0.3) is 0 Å². The average Bonchev–Trinajstić information content (AvgIpc) is 2.67. The average molecular weight is 393 g/mol. The van der Waals surface area contributed by atoms with Crippen LogP contribution in [0.1, 0.15) is 31.0 Å². The fourth-order valence-electron chi connectivity index (χ4n) is 2.50. The van der Waals surface area contributed by atoms with Crippen LogP contribution < -0.4 is 10.6 Å². The lowest BCUT2D eigenvalue weighted by molar-refractivity contribution is -0.121. The molecule has 0 heterocycles. The minimum Gasteiger partial charge on any atom is -0.350 e. The predicted octanol–water partition coefficient (Wildman–Crippen LogP) is 3.51. The molecule has 5 nitrogen and oxygen atoms in total. The third-order valence-corrected chi connectivity index (χ3v) is 4.19. The van der Waals surface area contributed by atoms with Gasteiger partial charge in [-0.15, -0.1) is 0 Å². The number of nitrogens with one attached hydrogen (secondary N) is 2. The Balaban J connectivity index is 1.88. The highest BCUT2D eigenvalue weighted by Crippen LogP contribution is 2.16. The second-order valence-electron chi connectivity index (χ2n) is 6.26. The van der Waals surface area contributed by atoms with Crippen LogP contribution in [0.25, 0.3) is 0 Å². The summed E-state index contributed by atoms with van der Waals surface area (Å²) in [5, 5.41) is 5.32. The number of likely N-dealkylation sites (N-methyl/N-ethyl adjacent to an activating group) is 1. The van der Waals surface area contributed by atoms with Crippen LogP contribution >= 0.6 is 0 Å². The molecular formula is C20H22F3N3O2. The molecule has 0 bridgehead atoms. The molecule has 0 radical (unpaired) electrons. The van der Waals surface area contributed by atoms with Crippen molar-refractivity contribution in [2.75, 3.05) is 13.1 Å². The molecular weight excluding hydrogens is 371 g/mol. The molecule has 0 aliphatic heterocycles. The van der Waals surface area contributed by atoms with E-state index < -0.39 is 23.7 Å². The van der Waals surface area contributed by atoms with E-state index in [1.165, 1.54) is 23.1 Å². The van der Waals surface area contributed by atoms with Gasteiger partial charge in [0, 0.05) is 13.1 Å². The number of amides is 3. The number of urea groups is 1. The van der Waals surface area contributed by atoms with Crippen molar-refractivity contribution in [1.82, 2.24) is 15.5 Å². The maximum atomic E-state index is 13.3. The van der Waals surface area contributed by atoms with E-state index >= 15 is 0 Å². The van der Waals surface area contributed by atoms with Crippen molar-refractivity contribution >= 4 is 11.9 Å². The molecule has 2 N–H and O–H groups in total. The van der Waals surface area contributed by atoms with E-state index in [4.69, 9.17) is 0 Å². The molecule has 0 fully saturated rings. The van der Waals surface area contributed by atoms with Gasteiger partial charge in [0.05, 0.1) is 6.04 Å². The van der Waals surface area contributed by atoms with Crippen molar-refractivity contribution < 1.29 is 22.8 Å². The fourth-order valence-corrected chi connectivity index (χ4v) is 2.50. The number of carbonyl (C=O) groups is 2. The van der Waals surface area contributed by atoms with Crippen molar-refractivity contribution in [3.63, 3.8) is 0 Å². The Hall–Kier alpha value is -3.03. The largest absolute Gasteiger partial charge is 0.350 e. The SMILES string of the molecule is CCN(CC(=O)NCc1ccc(F)cc1)C(=O)N[C@H](C)c1ccc(F)c(F)c1. The van der Waals surface area contributed by atoms with Crippen LogP contribution in [0.3, 0.4) is 0 Å². The normalized spacial score (nSPS) is 11.6. The number of nitrogens with zero attached hydrogens (tertiary/aromatic N) is 1. The highest BCUT2D eigenvalue weighted by Gasteiger charge is 2.18. The quantitative estimate of drug-likeness (QED) is 0.756. The van der Waals surface area contributed by atoms with E-state index in [0.29, 0.717) is 5.56 Å². The predicted molar refractivity (Wildman–Crippen MR) is 98.8 cm³/mol. The molecule has 2 aromatic rings. The molecule has 0 saturated heterocycles. The second kappa shape index (κ2) is 9.77. The number of hydrogen-bond acceptors (Lipinski definition) is 2. The van der Waals surface area contributed by atoms with Gasteiger partial charge in [-0.05, 0) is 49.2 Å². The Bertz CT molecular complexity index is 828. The number of rotatable bonds is 7. The number of halogens is 3. The van der Waals surface area contributed by atoms with E-state index in [-0.39, 0.29) is 31.4 Å². The first-order valence-corrected chi connectivity index (χ1v) is 8.81. The lowest BCUT2D eigenvalue weighted by Gasteiger charge is -2.24. The first kappa shape index (κ1) is 21.3. The lowest BCUT2D eigenvalue weighted by atomic mass is 10.1. The Kier molecular flexibility index (Phi) is 7.43. The standard InChI is InChI=1S/C20H22F3N3O2/c1-3-26(12-19(27)24-11-14-4-7-16(21)8-5-14)20(28)25-13(2)15-6-9-17(22)18(23)10-15/h4-10,13H,3,11-12H2,1-2H3,(H,24,27)(H,25,28)/t13-/m1/s1. The lowest BCUT2D eigenvalue weighted by Crippen LogP contribution is -2.45. The Morgan fingerprint density at radius 3 is 2.32 bits per heavy atom. The van der Waals surface area contributed by atoms with Gasteiger partial charge in [0.2, 0.25) is 5.91 Å². The van der Waals surface area contributed by atoms with Gasteiger partial charge in [-0.2, -0.15) is 0 Å². The summed E-state index contributed by atoms with van der Waals surface area (Å²) in [5.41, 5.74) is 1.14. The topological polar surface area (TPSA) is 61.4 Å². The molecule has 8 heteroatoms. The molecule has 0 aliphatic carbocycles. The molecule has 150 valence electrons. The molecule has 0 saturated carbocycles. The highest BCUT2D eigenvalue weighted by molar-refractivity contribution is 5.84. The third kappa shape index (κ3) is 6.00. The Morgan fingerprint density at radius 2 is 1.71 bits per heavy atom. The van der Waals surface area contributed by atoms with E-state index in [0.717, 1.165) is 17.7 Å². The van der Waals surface area contributed by atoms with Gasteiger partial charge >= 0.3 is 6.03 Å². The summed E-state index contributed by atoms with van der Waals surface area (Å²) < 4.78 is 39.3. The molecule has 3 amide bonds. The smallest absolute Gasteiger partial charge is 0.318 e. The summed E-state index contributed by atoms with van der Waals surface area (Å²) in [6, 6.07) is 8.04. The van der Waals surface area contributed by atoms with Crippen molar-refractivity contribution in [2.45, 2.75) is 26.4 Å². The van der Waals surface area contributed by atoms with Crippen LogP contribution in [0.5, 0.6) is 0 Å². The van der Waals surface area contributed by atoms with E-state index in [1.807, 2.05) is 0 Å². The summed E-state index contributed by atoms with van der Waals surface area (Å²) in [5.74, 6) is -2.69. The summed E-state index contributed by atoms with van der Waals surface area (Å²) >= 11 is 0. The zero-order valence-corrected chi connectivity index (χ0v) is 15.6. The molecule has 0 aliphatic rings. The summed E-state index contributed by atoms with van der Waals surface area (Å²) in [4.78, 5) is 25.8. The second-order valence-corrected chi connectivity index (χ2v) is 6.26. The van der Waals surface area contributed by atoms with Crippen LogP contribution in [-0.4, -0.2) is 29.9 Å². The van der Waals surface area contributed by atoms with Crippen LogP contribution in [0.2, 0.25) is 0 Å². The Morgan fingerprint density at radius 1 is 1.04 bits per heavy atom. The van der Waals surface area contributed by atoms with Gasteiger partial charge in [0.1, 0.15) is 12.4 Å². The first-order chi connectivity index (χ1) is 13.3. The molecule has 2 rings (SSSR count). The van der Waals surface area contributed by atoms with Crippen LogP contribution in [0.4, 0.5) is 18.0 Å². The van der Waals surface area contributed by atoms with Gasteiger partial charge < -0.3 is 15.5 Å². The number of carbonyl (C=O) groups excluding carboxylic acids is 2. The Labute approximate surface area is 161 Å². The summed E-state index contributed by atoms with van der Waals surface area (Å²) in [7, 11) is 0. The zero-order valence-electron chi connectivity index (χ0n) is 15.6. The van der Waals surface area contributed by atoms with Gasteiger partial charge in [0.15, 0.2) is 11.6 Å². The van der Waals surface area contributed by atoms with Crippen LogP contribution in [0, 0.1) is 17.5 Å². The van der Waals surface area contributed by atoms with E-state index in [1.54, 1.807) is 26.0 Å². The van der Waals surface area contributed by atoms with Crippen molar-refractivity contribution in [3.8, 4) is 0 Å². The van der Waals surface area contributed by atoms with E-state index in [2.05, 4.69) is 10.6 Å². The number of hydrogen-bond donors (Lipinski definition) is 2. The molecule has 1 atom stereocenters. The zero-order chi connectivity index (χ0) is 20.7. The van der Waals surface area contributed by atoms with Crippen LogP contribution in [-0.2, 0) is 11.3 Å². The number of benzene rings is 2. The van der Waals surface area contributed by atoms with Crippen molar-refractivity contribution in [2.24, 2.45) is 0 Å². The third-order valence-electron chi connectivity index (χ3n) is 4.19. The molecule has 0 unspecified atom stereocenters. The minimum absolute atomic E-state index is 0.173. The maximum Gasteiger partial charge on any atom is 0.318 e. The van der Waals surface area contributed by atoms with Gasteiger partial charge in [-0.25, -0.2) is 18.0 Å². The summed E-state index contributed by atoms with van der Waals surface area (Å²) in [6.07, 6.45) is 0. The molecule has 28 heavy (non-hydrogen) atoms. The maximum absolute atomic E-state index is 13.3. The minimum atomic E-state index is -0.994. The van der Waals surface area contributed by atoms with Crippen molar-refractivity contribution in [1.29, 1.82) is 0 Å². The monoisotopic (exact) mass is 393 g/mol. The molecule has 0 spiro atoms. The van der Waals surface area contributed by atoms with Gasteiger partial charge in [-0.1, -0.05) is 18.2 Å². The van der Waals surface area contributed by atoms with Gasteiger partial charge in [-0.3, -0.25) is 4.79 Å². The van der Waals surface area contributed by atoms with Crippen molar-refractivity contribution in [3.05, 3.63) is 71.0 Å². The van der Waals surface area contributed by atoms with Crippen LogP contribution in [0.15, 0.2) is 42.5 Å². The highest BCUT2D eigenvalue weighted by atomic mass is 19.2. The molecule has 2 aromatic carbocycles. The molecule has 0 aromatic heterocycles. The first-order valence-electron chi connectivity index (χ1n) is 8.81. The fraction of sp³-hybridized carbons (Fsp3) is 0.300.